The molecular formula is C25H25NO3S. The van der Waals surface area contributed by atoms with E-state index in [0.717, 1.165) is 35.1 Å². The van der Waals surface area contributed by atoms with Crippen LogP contribution in [0, 0.1) is 13.8 Å². The van der Waals surface area contributed by atoms with Gasteiger partial charge < -0.3 is 10.1 Å². The molecule has 1 amide bonds. The van der Waals surface area contributed by atoms with E-state index in [4.69, 9.17) is 4.74 Å². The van der Waals surface area contributed by atoms with Crippen LogP contribution >= 0.6 is 11.3 Å². The Morgan fingerprint density at radius 3 is 2.47 bits per heavy atom. The van der Waals surface area contributed by atoms with E-state index in [0.29, 0.717) is 16.1 Å². The summed E-state index contributed by atoms with van der Waals surface area (Å²) < 4.78 is 5.05. The number of methoxy groups -OCH3 is 1. The van der Waals surface area contributed by atoms with Gasteiger partial charge in [-0.25, -0.2) is 4.79 Å². The van der Waals surface area contributed by atoms with Crippen LogP contribution in [0.1, 0.15) is 55.8 Å². The highest BCUT2D eigenvalue weighted by Gasteiger charge is 2.23. The van der Waals surface area contributed by atoms with Gasteiger partial charge >= 0.3 is 5.97 Å². The normalized spacial score (nSPS) is 12.9. The molecule has 1 heterocycles. The predicted octanol–water partition coefficient (Wildman–Crippen LogP) is 5.95. The third-order valence-corrected chi connectivity index (χ3v) is 6.73. The Morgan fingerprint density at radius 2 is 1.73 bits per heavy atom. The number of nitrogens with one attached hydrogen (secondary N) is 1. The highest BCUT2D eigenvalue weighted by Crippen LogP contribution is 2.38. The number of benzene rings is 2. The summed E-state index contributed by atoms with van der Waals surface area (Å²) in [6.45, 7) is 3.99. The van der Waals surface area contributed by atoms with Crippen molar-refractivity contribution in [3.05, 3.63) is 75.2 Å². The third kappa shape index (κ3) is 3.90. The number of aryl methyl sites for hydroxylation is 4. The molecule has 0 spiro atoms. The van der Waals surface area contributed by atoms with Gasteiger partial charge in [0.1, 0.15) is 10.6 Å². The minimum absolute atomic E-state index is 0.234. The first-order valence-electron chi connectivity index (χ1n) is 10.2. The topological polar surface area (TPSA) is 55.4 Å². The summed E-state index contributed by atoms with van der Waals surface area (Å²) in [6, 6.07) is 12.0. The van der Waals surface area contributed by atoms with Crippen molar-refractivity contribution >= 4 is 28.2 Å². The summed E-state index contributed by atoms with van der Waals surface area (Å²) in [5, 5.41) is 5.36. The van der Waals surface area contributed by atoms with Crippen LogP contribution in [-0.4, -0.2) is 19.0 Å². The SMILES string of the molecule is COC(=O)c1c(-c2ccc3c(c2)CCCC3)csc1NC(=O)c1ccc(C)c(C)c1. The third-order valence-electron chi connectivity index (χ3n) is 5.84. The molecule has 0 fully saturated rings. The zero-order chi connectivity index (χ0) is 21.3. The lowest BCUT2D eigenvalue weighted by atomic mass is 9.89. The van der Waals surface area contributed by atoms with Crippen LogP contribution in [0.3, 0.4) is 0 Å². The smallest absolute Gasteiger partial charge is 0.341 e. The molecule has 4 nitrogen and oxygen atoms in total. The van der Waals surface area contributed by atoms with Gasteiger partial charge in [-0.3, -0.25) is 4.79 Å². The quantitative estimate of drug-likeness (QED) is 0.532. The molecule has 0 saturated heterocycles. The van der Waals surface area contributed by atoms with Crippen molar-refractivity contribution in [1.82, 2.24) is 0 Å². The van der Waals surface area contributed by atoms with Crippen LogP contribution in [-0.2, 0) is 17.6 Å². The molecule has 0 aliphatic heterocycles. The van der Waals surface area contributed by atoms with Gasteiger partial charge in [0.15, 0.2) is 0 Å². The highest BCUT2D eigenvalue weighted by molar-refractivity contribution is 7.15. The lowest BCUT2D eigenvalue weighted by Crippen LogP contribution is -2.14. The molecule has 0 atom stereocenters. The summed E-state index contributed by atoms with van der Waals surface area (Å²) in [5.41, 5.74) is 7.69. The maximum Gasteiger partial charge on any atom is 0.341 e. The van der Waals surface area contributed by atoms with Crippen LogP contribution in [0.5, 0.6) is 0 Å². The number of hydrogen-bond acceptors (Lipinski definition) is 4. The standard InChI is InChI=1S/C25H25NO3S/c1-15-8-9-20(12-16(15)2)23(27)26-24-22(25(28)29-3)21(14-30-24)19-11-10-17-6-4-5-7-18(17)13-19/h8-14H,4-7H2,1-3H3,(H,26,27). The predicted molar refractivity (Wildman–Crippen MR) is 122 cm³/mol. The number of rotatable bonds is 4. The fourth-order valence-electron chi connectivity index (χ4n) is 3.93. The summed E-state index contributed by atoms with van der Waals surface area (Å²) in [5.74, 6) is -0.679. The Kier molecular flexibility index (Phi) is 5.73. The van der Waals surface area contributed by atoms with Crippen molar-refractivity contribution in [2.75, 3.05) is 12.4 Å². The summed E-state index contributed by atoms with van der Waals surface area (Å²) >= 11 is 1.35. The molecule has 0 saturated carbocycles. The van der Waals surface area contributed by atoms with Gasteiger partial charge in [-0.1, -0.05) is 24.3 Å². The van der Waals surface area contributed by atoms with Gasteiger partial charge in [0, 0.05) is 16.5 Å². The Morgan fingerprint density at radius 1 is 0.967 bits per heavy atom. The van der Waals surface area contributed by atoms with Crippen molar-refractivity contribution in [2.45, 2.75) is 39.5 Å². The van der Waals surface area contributed by atoms with Gasteiger partial charge in [-0.05, 0) is 79.5 Å². The largest absolute Gasteiger partial charge is 0.465 e. The molecule has 1 aliphatic rings. The minimum Gasteiger partial charge on any atom is -0.465 e. The fourth-order valence-corrected chi connectivity index (χ4v) is 4.88. The number of ether oxygens (including phenoxy) is 1. The Balaban J connectivity index is 1.69. The molecule has 4 rings (SSSR count). The van der Waals surface area contributed by atoms with E-state index in [2.05, 4.69) is 23.5 Å². The van der Waals surface area contributed by atoms with Gasteiger partial charge in [0.2, 0.25) is 0 Å². The molecule has 1 N–H and O–H groups in total. The van der Waals surface area contributed by atoms with Gasteiger partial charge in [-0.15, -0.1) is 11.3 Å². The lowest BCUT2D eigenvalue weighted by Gasteiger charge is -2.16. The van der Waals surface area contributed by atoms with Crippen LogP contribution in [0.15, 0.2) is 41.8 Å². The van der Waals surface area contributed by atoms with Crippen molar-refractivity contribution in [3.8, 4) is 11.1 Å². The van der Waals surface area contributed by atoms with Crippen molar-refractivity contribution in [3.63, 3.8) is 0 Å². The molecule has 0 bridgehead atoms. The van der Waals surface area contributed by atoms with Crippen LogP contribution < -0.4 is 5.32 Å². The number of thiophene rings is 1. The number of anilines is 1. The average molecular weight is 420 g/mol. The van der Waals surface area contributed by atoms with Crippen molar-refractivity contribution in [1.29, 1.82) is 0 Å². The van der Waals surface area contributed by atoms with Gasteiger partial charge in [0.25, 0.3) is 5.91 Å². The second-order valence-electron chi connectivity index (χ2n) is 7.79. The molecule has 1 aliphatic carbocycles. The first kappa shape index (κ1) is 20.4. The van der Waals surface area contributed by atoms with E-state index in [1.54, 1.807) is 6.07 Å². The average Bonchev–Trinajstić information content (AvgIpc) is 3.18. The molecule has 3 aromatic rings. The van der Waals surface area contributed by atoms with Crippen LogP contribution in [0.4, 0.5) is 5.00 Å². The second-order valence-corrected chi connectivity index (χ2v) is 8.67. The Hall–Kier alpha value is -2.92. The molecule has 0 unspecified atom stereocenters. The monoisotopic (exact) mass is 419 g/mol. The lowest BCUT2D eigenvalue weighted by molar-refractivity contribution is 0.0603. The summed E-state index contributed by atoms with van der Waals surface area (Å²) in [7, 11) is 1.37. The number of fused-ring (bicyclic) bond motifs is 1. The zero-order valence-electron chi connectivity index (χ0n) is 17.5. The first-order chi connectivity index (χ1) is 14.5. The molecule has 5 heteroatoms. The second kappa shape index (κ2) is 8.44. The molecular weight excluding hydrogens is 394 g/mol. The minimum atomic E-state index is -0.445. The van der Waals surface area contributed by atoms with Crippen LogP contribution in [0.2, 0.25) is 0 Å². The van der Waals surface area contributed by atoms with E-state index in [1.807, 2.05) is 31.4 Å². The van der Waals surface area contributed by atoms with Crippen molar-refractivity contribution in [2.24, 2.45) is 0 Å². The zero-order valence-corrected chi connectivity index (χ0v) is 18.3. The van der Waals surface area contributed by atoms with E-state index in [9.17, 15) is 9.59 Å². The molecule has 30 heavy (non-hydrogen) atoms. The van der Waals surface area contributed by atoms with Crippen molar-refractivity contribution < 1.29 is 14.3 Å². The molecule has 0 radical (unpaired) electrons. The molecule has 2 aromatic carbocycles. The fraction of sp³-hybridized carbons (Fsp3) is 0.280. The number of hydrogen-bond donors (Lipinski definition) is 1. The maximum absolute atomic E-state index is 12.8. The number of carbonyl (C=O) groups is 2. The number of esters is 1. The highest BCUT2D eigenvalue weighted by atomic mass is 32.1. The summed E-state index contributed by atoms with van der Waals surface area (Å²) in [4.78, 5) is 25.4. The number of amides is 1. The van der Waals surface area contributed by atoms with E-state index in [-0.39, 0.29) is 5.91 Å². The van der Waals surface area contributed by atoms with Crippen LogP contribution in [0.25, 0.3) is 11.1 Å². The summed E-state index contributed by atoms with van der Waals surface area (Å²) in [6.07, 6.45) is 4.60. The molecule has 1 aromatic heterocycles. The molecule has 154 valence electrons. The Labute approximate surface area is 180 Å². The van der Waals surface area contributed by atoms with E-state index >= 15 is 0 Å². The van der Waals surface area contributed by atoms with Gasteiger partial charge in [-0.2, -0.15) is 0 Å². The first-order valence-corrected chi connectivity index (χ1v) is 11.1. The van der Waals surface area contributed by atoms with Gasteiger partial charge in [0.05, 0.1) is 7.11 Å². The maximum atomic E-state index is 12.8. The number of carbonyl (C=O) groups excluding carboxylic acids is 2. The van der Waals surface area contributed by atoms with E-state index in [1.165, 1.54) is 42.4 Å². The Bertz CT molecular complexity index is 1130. The van der Waals surface area contributed by atoms with E-state index < -0.39 is 5.97 Å².